The molecule has 0 aromatic carbocycles. The quantitative estimate of drug-likeness (QED) is 0.557. The Bertz CT molecular complexity index is 279. The Hall–Kier alpha value is -0.130. The minimum atomic E-state index is -3.03. The molecule has 0 fully saturated rings. The van der Waals surface area contributed by atoms with Gasteiger partial charge in [-0.3, -0.25) is 0 Å². The smallest absolute Gasteiger partial charge is 0.213 e. The van der Waals surface area contributed by atoms with E-state index in [-0.39, 0.29) is 5.75 Å². The van der Waals surface area contributed by atoms with Gasteiger partial charge in [0.05, 0.1) is 5.75 Å². The first kappa shape index (κ1) is 17.9. The van der Waals surface area contributed by atoms with Gasteiger partial charge < -0.3 is 5.32 Å². The van der Waals surface area contributed by atoms with Crippen LogP contribution in [0, 0.1) is 0 Å². The lowest BCUT2D eigenvalue weighted by Gasteiger charge is -2.16. The molecule has 110 valence electrons. The summed E-state index contributed by atoms with van der Waals surface area (Å²) in [6, 6.07) is 0. The molecular formula is C13H30N2O2S. The largest absolute Gasteiger partial charge is 0.317 e. The molecule has 0 amide bonds. The molecule has 0 spiro atoms. The second-order valence-electron chi connectivity index (χ2n) is 4.80. The molecular weight excluding hydrogens is 248 g/mol. The average Bonchev–Trinajstić information content (AvgIpc) is 2.33. The third-order valence-electron chi connectivity index (χ3n) is 2.98. The van der Waals surface area contributed by atoms with Crippen molar-refractivity contribution in [2.24, 2.45) is 0 Å². The Kier molecular flexibility index (Phi) is 10.7. The van der Waals surface area contributed by atoms with E-state index in [4.69, 9.17) is 0 Å². The van der Waals surface area contributed by atoms with Crippen LogP contribution in [0.3, 0.4) is 0 Å². The summed E-state index contributed by atoms with van der Waals surface area (Å²) >= 11 is 0. The summed E-state index contributed by atoms with van der Waals surface area (Å²) in [4.78, 5) is 0. The van der Waals surface area contributed by atoms with Gasteiger partial charge in [0.2, 0.25) is 10.0 Å². The van der Waals surface area contributed by atoms with Crippen LogP contribution in [-0.2, 0) is 10.0 Å². The number of sulfonamides is 1. The molecule has 0 aliphatic heterocycles. The van der Waals surface area contributed by atoms with E-state index in [9.17, 15) is 8.42 Å². The summed E-state index contributed by atoms with van der Waals surface area (Å²) in [6.45, 7) is 6.84. The van der Waals surface area contributed by atoms with Crippen molar-refractivity contribution >= 4 is 10.0 Å². The Morgan fingerprint density at radius 2 is 1.67 bits per heavy atom. The van der Waals surface area contributed by atoms with E-state index in [0.717, 1.165) is 51.6 Å². The first-order chi connectivity index (χ1) is 8.54. The number of nitrogens with one attached hydrogen (secondary N) is 1. The summed E-state index contributed by atoms with van der Waals surface area (Å²) in [5, 5.41) is 3.28. The number of hydrogen-bond acceptors (Lipinski definition) is 3. The van der Waals surface area contributed by atoms with Crippen LogP contribution in [-0.4, -0.2) is 45.2 Å². The maximum absolute atomic E-state index is 11.9. The van der Waals surface area contributed by atoms with E-state index in [1.54, 1.807) is 7.05 Å². The molecule has 0 aliphatic carbocycles. The molecule has 4 nitrogen and oxygen atoms in total. The predicted molar refractivity (Wildman–Crippen MR) is 78.3 cm³/mol. The molecule has 1 N–H and O–H groups in total. The molecule has 18 heavy (non-hydrogen) atoms. The third kappa shape index (κ3) is 8.89. The highest BCUT2D eigenvalue weighted by molar-refractivity contribution is 7.89. The van der Waals surface area contributed by atoms with Crippen molar-refractivity contribution in [3.8, 4) is 0 Å². The fourth-order valence-electron chi connectivity index (χ4n) is 1.72. The molecule has 5 heteroatoms. The molecule has 0 saturated heterocycles. The molecule has 0 atom stereocenters. The van der Waals surface area contributed by atoms with Gasteiger partial charge in [0.15, 0.2) is 0 Å². The highest BCUT2D eigenvalue weighted by Crippen LogP contribution is 2.05. The maximum atomic E-state index is 11.9. The zero-order valence-corrected chi connectivity index (χ0v) is 13.1. The topological polar surface area (TPSA) is 49.4 Å². The molecule has 0 bridgehead atoms. The normalized spacial score (nSPS) is 12.2. The minimum absolute atomic E-state index is 0.281. The molecule has 0 aromatic heterocycles. The van der Waals surface area contributed by atoms with E-state index in [0.29, 0.717) is 6.54 Å². The fourth-order valence-corrected chi connectivity index (χ4v) is 3.00. The summed E-state index contributed by atoms with van der Waals surface area (Å²) in [7, 11) is -1.33. The second-order valence-corrected chi connectivity index (χ2v) is 7.00. The molecule has 0 aromatic rings. The van der Waals surface area contributed by atoms with Gasteiger partial charge in [0.25, 0.3) is 0 Å². The zero-order valence-electron chi connectivity index (χ0n) is 12.2. The Morgan fingerprint density at radius 3 is 2.28 bits per heavy atom. The van der Waals surface area contributed by atoms with Gasteiger partial charge in [-0.25, -0.2) is 12.7 Å². The number of hydrogen-bond donors (Lipinski definition) is 1. The van der Waals surface area contributed by atoms with Crippen LogP contribution >= 0.6 is 0 Å². The first-order valence-corrected chi connectivity index (χ1v) is 8.80. The lowest BCUT2D eigenvalue weighted by Crippen LogP contribution is -2.30. The monoisotopic (exact) mass is 278 g/mol. The zero-order chi connectivity index (χ0) is 13.9. The van der Waals surface area contributed by atoms with Crippen LogP contribution in [0.1, 0.15) is 52.4 Å². The van der Waals surface area contributed by atoms with Gasteiger partial charge in [-0.2, -0.15) is 0 Å². The third-order valence-corrected chi connectivity index (χ3v) is 4.92. The average molecular weight is 278 g/mol. The number of nitrogens with zero attached hydrogens (tertiary/aromatic N) is 1. The summed E-state index contributed by atoms with van der Waals surface area (Å²) < 4.78 is 25.4. The van der Waals surface area contributed by atoms with Gasteiger partial charge in [0, 0.05) is 13.6 Å². The lowest BCUT2D eigenvalue weighted by molar-refractivity contribution is 0.452. The van der Waals surface area contributed by atoms with Crippen molar-refractivity contribution in [3.05, 3.63) is 0 Å². The Morgan fingerprint density at radius 1 is 0.944 bits per heavy atom. The standard InChI is InChI=1S/C13H30N2O2S/c1-4-6-8-12-15(3)18(16,17)13-9-7-11-14-10-5-2/h14H,4-13H2,1-3H3. The Balaban J connectivity index is 3.71. The van der Waals surface area contributed by atoms with E-state index in [1.807, 2.05) is 0 Å². The SMILES string of the molecule is CCCCCN(C)S(=O)(=O)CCCCNCCC. The minimum Gasteiger partial charge on any atom is -0.317 e. The number of unbranched alkanes of at least 4 members (excludes halogenated alkanes) is 3. The van der Waals surface area contributed by atoms with E-state index in [2.05, 4.69) is 19.2 Å². The summed E-state index contributed by atoms with van der Waals surface area (Å²) in [5.74, 6) is 0.281. The predicted octanol–water partition coefficient (Wildman–Crippen LogP) is 2.22. The van der Waals surface area contributed by atoms with Crippen LogP contribution in [0.4, 0.5) is 0 Å². The van der Waals surface area contributed by atoms with Crippen LogP contribution < -0.4 is 5.32 Å². The first-order valence-electron chi connectivity index (χ1n) is 7.19. The highest BCUT2D eigenvalue weighted by Gasteiger charge is 2.16. The van der Waals surface area contributed by atoms with Crippen molar-refractivity contribution in [1.29, 1.82) is 0 Å². The second kappa shape index (κ2) is 10.8. The van der Waals surface area contributed by atoms with Gasteiger partial charge in [-0.1, -0.05) is 26.7 Å². The summed E-state index contributed by atoms with van der Waals surface area (Å²) in [5.41, 5.74) is 0. The Labute approximate surface area is 113 Å². The molecule has 0 radical (unpaired) electrons. The van der Waals surface area contributed by atoms with Gasteiger partial charge in [0.1, 0.15) is 0 Å². The molecule has 0 rings (SSSR count). The van der Waals surface area contributed by atoms with E-state index >= 15 is 0 Å². The highest BCUT2D eigenvalue weighted by atomic mass is 32.2. The van der Waals surface area contributed by atoms with Crippen LogP contribution in [0.2, 0.25) is 0 Å². The van der Waals surface area contributed by atoms with E-state index < -0.39 is 10.0 Å². The van der Waals surface area contributed by atoms with Gasteiger partial charge in [-0.05, 0) is 38.8 Å². The lowest BCUT2D eigenvalue weighted by atomic mass is 10.2. The van der Waals surface area contributed by atoms with E-state index in [1.165, 1.54) is 4.31 Å². The molecule has 0 saturated carbocycles. The molecule has 0 unspecified atom stereocenters. The van der Waals surface area contributed by atoms with Crippen LogP contribution in [0.15, 0.2) is 0 Å². The van der Waals surface area contributed by atoms with Gasteiger partial charge in [-0.15, -0.1) is 0 Å². The maximum Gasteiger partial charge on any atom is 0.213 e. The van der Waals surface area contributed by atoms with Crippen molar-refractivity contribution in [1.82, 2.24) is 9.62 Å². The van der Waals surface area contributed by atoms with Crippen LogP contribution in [0.5, 0.6) is 0 Å². The molecule has 0 aliphatic rings. The summed E-state index contributed by atoms with van der Waals surface area (Å²) in [6.07, 6.45) is 5.99. The van der Waals surface area contributed by atoms with Crippen LogP contribution in [0.25, 0.3) is 0 Å². The van der Waals surface area contributed by atoms with Crippen molar-refractivity contribution < 1.29 is 8.42 Å². The number of rotatable bonds is 12. The molecule has 0 heterocycles. The fraction of sp³-hybridized carbons (Fsp3) is 1.00. The van der Waals surface area contributed by atoms with Crippen molar-refractivity contribution in [2.75, 3.05) is 32.4 Å². The van der Waals surface area contributed by atoms with Gasteiger partial charge >= 0.3 is 0 Å². The van der Waals surface area contributed by atoms with Crippen molar-refractivity contribution in [2.45, 2.75) is 52.4 Å². The van der Waals surface area contributed by atoms with Crippen molar-refractivity contribution in [3.63, 3.8) is 0 Å².